The quantitative estimate of drug-likeness (QED) is 0.567. The van der Waals surface area contributed by atoms with Crippen molar-refractivity contribution in [2.75, 3.05) is 13.2 Å². The molecule has 0 aliphatic carbocycles. The highest BCUT2D eigenvalue weighted by Gasteiger charge is 2.11. The SMILES string of the molecule is CCNC(=NCc1ccnc(Oc2ccc(OCC)cc2)c1)NC(C)(C)C. The van der Waals surface area contributed by atoms with Crippen molar-refractivity contribution in [3.63, 3.8) is 0 Å². The van der Waals surface area contributed by atoms with Crippen molar-refractivity contribution in [2.45, 2.75) is 46.7 Å². The molecule has 0 saturated heterocycles. The van der Waals surface area contributed by atoms with E-state index in [-0.39, 0.29) is 5.54 Å². The number of rotatable bonds is 7. The number of hydrogen-bond acceptors (Lipinski definition) is 4. The van der Waals surface area contributed by atoms with Crippen molar-refractivity contribution < 1.29 is 9.47 Å². The Kier molecular flexibility index (Phi) is 7.46. The van der Waals surface area contributed by atoms with Crippen LogP contribution in [-0.2, 0) is 6.54 Å². The van der Waals surface area contributed by atoms with E-state index in [1.54, 1.807) is 6.20 Å². The molecule has 27 heavy (non-hydrogen) atoms. The number of guanidine groups is 1. The molecule has 0 aliphatic rings. The van der Waals surface area contributed by atoms with Crippen LogP contribution in [0.4, 0.5) is 0 Å². The average Bonchev–Trinajstić information content (AvgIpc) is 2.61. The molecular weight excluding hydrogens is 340 g/mol. The average molecular weight is 370 g/mol. The molecule has 2 aromatic rings. The van der Waals surface area contributed by atoms with Crippen LogP contribution in [0.25, 0.3) is 0 Å². The van der Waals surface area contributed by atoms with E-state index in [2.05, 4.69) is 48.3 Å². The molecule has 0 spiro atoms. The van der Waals surface area contributed by atoms with E-state index < -0.39 is 0 Å². The third-order valence-corrected chi connectivity index (χ3v) is 3.41. The molecule has 0 saturated carbocycles. The zero-order valence-corrected chi connectivity index (χ0v) is 16.9. The minimum atomic E-state index is -0.0544. The van der Waals surface area contributed by atoms with E-state index in [4.69, 9.17) is 9.47 Å². The molecule has 146 valence electrons. The summed E-state index contributed by atoms with van der Waals surface area (Å²) < 4.78 is 11.3. The van der Waals surface area contributed by atoms with Crippen molar-refractivity contribution in [3.8, 4) is 17.4 Å². The van der Waals surface area contributed by atoms with Crippen LogP contribution in [0, 0.1) is 0 Å². The Bertz CT molecular complexity index is 737. The van der Waals surface area contributed by atoms with Crippen LogP contribution in [0.3, 0.4) is 0 Å². The second-order valence-electron chi connectivity index (χ2n) is 7.08. The van der Waals surface area contributed by atoms with E-state index in [1.807, 2.05) is 43.3 Å². The number of benzene rings is 1. The van der Waals surface area contributed by atoms with Crippen molar-refractivity contribution in [1.29, 1.82) is 0 Å². The van der Waals surface area contributed by atoms with Gasteiger partial charge in [0.05, 0.1) is 13.2 Å². The molecule has 0 unspecified atom stereocenters. The summed E-state index contributed by atoms with van der Waals surface area (Å²) in [6.07, 6.45) is 1.73. The fourth-order valence-electron chi connectivity index (χ4n) is 2.33. The number of hydrogen-bond donors (Lipinski definition) is 2. The van der Waals surface area contributed by atoms with E-state index in [1.165, 1.54) is 0 Å². The lowest BCUT2D eigenvalue weighted by molar-refractivity contribution is 0.339. The zero-order valence-electron chi connectivity index (χ0n) is 16.9. The Morgan fingerprint density at radius 1 is 1.07 bits per heavy atom. The minimum Gasteiger partial charge on any atom is -0.494 e. The Morgan fingerprint density at radius 2 is 1.78 bits per heavy atom. The number of aromatic nitrogens is 1. The van der Waals surface area contributed by atoms with Gasteiger partial charge in [0.2, 0.25) is 5.88 Å². The molecule has 0 amide bonds. The molecule has 2 rings (SSSR count). The fourth-order valence-corrected chi connectivity index (χ4v) is 2.33. The van der Waals surface area contributed by atoms with E-state index in [0.717, 1.165) is 23.8 Å². The van der Waals surface area contributed by atoms with Crippen LogP contribution in [0.5, 0.6) is 17.4 Å². The molecule has 6 heteroatoms. The Labute approximate surface area is 162 Å². The van der Waals surface area contributed by atoms with Gasteiger partial charge in [0, 0.05) is 24.3 Å². The van der Waals surface area contributed by atoms with Crippen LogP contribution in [0.15, 0.2) is 47.6 Å². The van der Waals surface area contributed by atoms with Gasteiger partial charge in [0.25, 0.3) is 0 Å². The first-order valence-electron chi connectivity index (χ1n) is 9.31. The lowest BCUT2D eigenvalue weighted by Crippen LogP contribution is -2.47. The molecule has 2 N–H and O–H groups in total. The first kappa shape index (κ1) is 20.6. The van der Waals surface area contributed by atoms with Crippen molar-refractivity contribution in [3.05, 3.63) is 48.2 Å². The summed E-state index contributed by atoms with van der Waals surface area (Å²) in [5.41, 5.74) is 0.971. The molecule has 0 aliphatic heterocycles. The Balaban J connectivity index is 2.04. The summed E-state index contributed by atoms with van der Waals surface area (Å²) in [6, 6.07) is 11.3. The van der Waals surface area contributed by atoms with Gasteiger partial charge in [-0.05, 0) is 70.5 Å². The molecule has 1 aromatic heterocycles. The van der Waals surface area contributed by atoms with Gasteiger partial charge in [0.15, 0.2) is 5.96 Å². The molecule has 1 aromatic carbocycles. The summed E-state index contributed by atoms with van der Waals surface area (Å²) in [7, 11) is 0. The normalized spacial score (nSPS) is 11.8. The maximum absolute atomic E-state index is 5.84. The van der Waals surface area contributed by atoms with E-state index in [0.29, 0.717) is 24.8 Å². The summed E-state index contributed by atoms with van der Waals surface area (Å²) >= 11 is 0. The van der Waals surface area contributed by atoms with Gasteiger partial charge in [-0.25, -0.2) is 9.98 Å². The minimum absolute atomic E-state index is 0.0544. The fraction of sp³-hybridized carbons (Fsp3) is 0.429. The van der Waals surface area contributed by atoms with Crippen LogP contribution >= 0.6 is 0 Å². The molecule has 1 heterocycles. The maximum atomic E-state index is 5.84. The first-order valence-corrected chi connectivity index (χ1v) is 9.31. The van der Waals surface area contributed by atoms with Crippen LogP contribution in [-0.4, -0.2) is 29.6 Å². The highest BCUT2D eigenvalue weighted by atomic mass is 16.5. The van der Waals surface area contributed by atoms with Gasteiger partial charge in [-0.2, -0.15) is 0 Å². The molecule has 0 fully saturated rings. The van der Waals surface area contributed by atoms with Gasteiger partial charge in [0.1, 0.15) is 11.5 Å². The number of pyridine rings is 1. The highest BCUT2D eigenvalue weighted by molar-refractivity contribution is 5.80. The number of nitrogens with zero attached hydrogens (tertiary/aromatic N) is 2. The van der Waals surface area contributed by atoms with Gasteiger partial charge in [-0.1, -0.05) is 0 Å². The van der Waals surface area contributed by atoms with Crippen LogP contribution < -0.4 is 20.1 Å². The summed E-state index contributed by atoms with van der Waals surface area (Å²) in [5, 5.41) is 6.64. The van der Waals surface area contributed by atoms with Crippen LogP contribution in [0.1, 0.15) is 40.2 Å². The third-order valence-electron chi connectivity index (χ3n) is 3.41. The highest BCUT2D eigenvalue weighted by Crippen LogP contribution is 2.23. The molecule has 0 bridgehead atoms. The Morgan fingerprint density at radius 3 is 2.41 bits per heavy atom. The summed E-state index contributed by atoms with van der Waals surface area (Å²) in [6.45, 7) is 12.3. The monoisotopic (exact) mass is 370 g/mol. The zero-order chi connectivity index (χ0) is 19.7. The lowest BCUT2D eigenvalue weighted by Gasteiger charge is -2.23. The van der Waals surface area contributed by atoms with E-state index >= 15 is 0 Å². The number of ether oxygens (including phenoxy) is 2. The second-order valence-corrected chi connectivity index (χ2v) is 7.08. The summed E-state index contributed by atoms with van der Waals surface area (Å²) in [5.74, 6) is 2.87. The van der Waals surface area contributed by atoms with Gasteiger partial charge in [-0.3, -0.25) is 0 Å². The standard InChI is InChI=1S/C21H30N4O2/c1-6-22-20(25-21(3,4)5)24-15-16-12-13-23-19(14-16)27-18-10-8-17(9-11-18)26-7-2/h8-14H,6-7,15H2,1-5H3,(H2,22,24,25). The first-order chi connectivity index (χ1) is 12.9. The molecule has 0 radical (unpaired) electrons. The third kappa shape index (κ3) is 7.56. The second kappa shape index (κ2) is 9.80. The smallest absolute Gasteiger partial charge is 0.219 e. The topological polar surface area (TPSA) is 67.8 Å². The number of aliphatic imine (C=N–C) groups is 1. The van der Waals surface area contributed by atoms with Crippen molar-refractivity contribution in [2.24, 2.45) is 4.99 Å². The van der Waals surface area contributed by atoms with Gasteiger partial charge < -0.3 is 20.1 Å². The summed E-state index contributed by atoms with van der Waals surface area (Å²) in [4.78, 5) is 8.93. The predicted octanol–water partition coefficient (Wildman–Crippen LogP) is 4.13. The van der Waals surface area contributed by atoms with Crippen molar-refractivity contribution >= 4 is 5.96 Å². The van der Waals surface area contributed by atoms with Crippen molar-refractivity contribution in [1.82, 2.24) is 15.6 Å². The maximum Gasteiger partial charge on any atom is 0.219 e. The Hall–Kier alpha value is -2.76. The largest absolute Gasteiger partial charge is 0.494 e. The number of nitrogens with one attached hydrogen (secondary N) is 2. The molecule has 0 atom stereocenters. The predicted molar refractivity (Wildman–Crippen MR) is 110 cm³/mol. The molecular formula is C21H30N4O2. The molecule has 6 nitrogen and oxygen atoms in total. The van der Waals surface area contributed by atoms with Crippen LogP contribution in [0.2, 0.25) is 0 Å². The van der Waals surface area contributed by atoms with Gasteiger partial charge >= 0.3 is 0 Å². The van der Waals surface area contributed by atoms with Gasteiger partial charge in [-0.15, -0.1) is 0 Å². The van der Waals surface area contributed by atoms with E-state index in [9.17, 15) is 0 Å². The lowest BCUT2D eigenvalue weighted by atomic mass is 10.1.